The van der Waals surface area contributed by atoms with Crippen molar-refractivity contribution in [3.63, 3.8) is 0 Å². The highest BCUT2D eigenvalue weighted by Crippen LogP contribution is 2.34. The van der Waals surface area contributed by atoms with E-state index in [-0.39, 0.29) is 28.7 Å². The highest BCUT2D eigenvalue weighted by atomic mass is 32.2. The monoisotopic (exact) mass is 484 g/mol. The third-order valence-electron chi connectivity index (χ3n) is 6.68. The number of carbonyl (C=O) groups is 1. The second-order valence-corrected chi connectivity index (χ2v) is 12.3. The summed E-state index contributed by atoms with van der Waals surface area (Å²) in [7, 11) is -2.95. The van der Waals surface area contributed by atoms with Gasteiger partial charge in [0.2, 0.25) is 0 Å². The van der Waals surface area contributed by atoms with Gasteiger partial charge in [-0.05, 0) is 55.3 Å². The number of sulfone groups is 1. The molecule has 3 aliphatic rings. The molecule has 0 unspecified atom stereocenters. The molecule has 2 fully saturated rings. The summed E-state index contributed by atoms with van der Waals surface area (Å²) in [5.74, 6) is 0.385. The van der Waals surface area contributed by atoms with Gasteiger partial charge in [-0.2, -0.15) is 0 Å². The molecule has 2 aromatic carbocycles. The van der Waals surface area contributed by atoms with Gasteiger partial charge in [-0.25, -0.2) is 8.42 Å². The van der Waals surface area contributed by atoms with Gasteiger partial charge in [-0.1, -0.05) is 23.9 Å². The summed E-state index contributed by atoms with van der Waals surface area (Å²) in [6.07, 6.45) is 0. The minimum Gasteiger partial charge on any atom is -0.368 e. The molecular formula is C24H28N4O3S2. The summed E-state index contributed by atoms with van der Waals surface area (Å²) in [4.78, 5) is 21.8. The van der Waals surface area contributed by atoms with Gasteiger partial charge in [0.25, 0.3) is 5.91 Å². The number of thioether (sulfide) groups is 1. The number of anilines is 2. The Kier molecular flexibility index (Phi) is 5.86. The Morgan fingerprint density at radius 1 is 1.03 bits per heavy atom. The number of amidine groups is 1. The van der Waals surface area contributed by atoms with Crippen LogP contribution in [0.3, 0.4) is 0 Å². The summed E-state index contributed by atoms with van der Waals surface area (Å²) in [5.41, 5.74) is 5.36. The van der Waals surface area contributed by atoms with Crippen molar-refractivity contribution in [3.05, 3.63) is 59.2 Å². The Labute approximate surface area is 199 Å². The largest absolute Gasteiger partial charge is 0.368 e. The average Bonchev–Trinajstić information content (AvgIpc) is 3.28. The molecule has 2 aromatic rings. The molecule has 0 saturated carbocycles. The van der Waals surface area contributed by atoms with E-state index in [0.717, 1.165) is 23.9 Å². The molecule has 0 spiro atoms. The zero-order chi connectivity index (χ0) is 23.2. The molecular weight excluding hydrogens is 456 g/mol. The van der Waals surface area contributed by atoms with Crippen LogP contribution >= 0.6 is 11.8 Å². The van der Waals surface area contributed by atoms with Gasteiger partial charge in [0, 0.05) is 48.4 Å². The molecule has 1 N–H and O–H groups in total. The molecule has 3 aliphatic heterocycles. The lowest BCUT2D eigenvalue weighted by atomic mass is 10.1. The molecule has 0 aliphatic carbocycles. The molecule has 5 rings (SSSR count). The maximum atomic E-state index is 13.0. The molecule has 0 bridgehead atoms. The molecule has 9 heteroatoms. The number of fused-ring (bicyclic) bond motifs is 1. The Morgan fingerprint density at radius 2 is 1.76 bits per heavy atom. The number of nitrogens with one attached hydrogen (secondary N) is 1. The molecule has 33 heavy (non-hydrogen) atoms. The number of piperazine rings is 1. The fraction of sp³-hybridized carbons (Fsp3) is 0.417. The van der Waals surface area contributed by atoms with Crippen LogP contribution in [0.25, 0.3) is 0 Å². The fourth-order valence-electron chi connectivity index (χ4n) is 4.65. The van der Waals surface area contributed by atoms with Gasteiger partial charge in [0.05, 0.1) is 17.5 Å². The summed E-state index contributed by atoms with van der Waals surface area (Å²) >= 11 is 1.49. The maximum absolute atomic E-state index is 13.0. The number of hydrogen-bond acceptors (Lipinski definition) is 7. The van der Waals surface area contributed by atoms with Gasteiger partial charge < -0.3 is 15.1 Å². The lowest BCUT2D eigenvalue weighted by Gasteiger charge is -2.37. The molecule has 3 heterocycles. The fourth-order valence-corrected chi connectivity index (χ4v) is 8.32. The van der Waals surface area contributed by atoms with Crippen LogP contribution in [0, 0.1) is 13.8 Å². The van der Waals surface area contributed by atoms with Crippen LogP contribution in [0.2, 0.25) is 0 Å². The van der Waals surface area contributed by atoms with Gasteiger partial charge in [0.15, 0.2) is 15.0 Å². The minimum absolute atomic E-state index is 0.0145. The summed E-state index contributed by atoms with van der Waals surface area (Å²) in [5, 5.41) is 4.03. The number of amides is 1. The van der Waals surface area contributed by atoms with E-state index >= 15 is 0 Å². The van der Waals surface area contributed by atoms with Gasteiger partial charge in [-0.3, -0.25) is 9.79 Å². The standard InChI is InChI=1S/C24H28N4O3S2/c1-16-4-3-5-21(17(16)2)27-10-12-28(13-11-27)23(29)18-6-8-19(9-7-18)25-24-26-20-14-33(30,31)15-22(20)32-24/h3-9,20,22H,10-15H2,1-2H3,(H,25,26)/t20-,22-/m1/s1. The Bertz CT molecular complexity index is 1200. The lowest BCUT2D eigenvalue weighted by Crippen LogP contribution is -2.49. The Balaban J connectivity index is 1.17. The SMILES string of the molecule is Cc1cccc(N2CCN(C(=O)c3ccc(NC4=N[C@@H]5CS(=O)(=O)C[C@H]5S4)cc3)CC2)c1C. The van der Waals surface area contributed by atoms with E-state index in [1.807, 2.05) is 29.2 Å². The van der Waals surface area contributed by atoms with Crippen molar-refractivity contribution in [3.8, 4) is 0 Å². The smallest absolute Gasteiger partial charge is 0.253 e. The molecule has 1 amide bonds. The molecule has 2 atom stereocenters. The first-order valence-electron chi connectivity index (χ1n) is 11.2. The van der Waals surface area contributed by atoms with Crippen LogP contribution in [-0.2, 0) is 9.84 Å². The first kappa shape index (κ1) is 22.3. The average molecular weight is 485 g/mol. The summed E-state index contributed by atoms with van der Waals surface area (Å²) < 4.78 is 23.4. The van der Waals surface area contributed by atoms with Crippen molar-refractivity contribution in [2.24, 2.45) is 4.99 Å². The highest BCUT2D eigenvalue weighted by molar-refractivity contribution is 8.15. The zero-order valence-electron chi connectivity index (χ0n) is 18.8. The third kappa shape index (κ3) is 4.61. The second kappa shape index (κ2) is 8.68. The Hall–Kier alpha value is -2.52. The topological polar surface area (TPSA) is 82.1 Å². The number of benzene rings is 2. The number of aryl methyl sites for hydroxylation is 1. The van der Waals surface area contributed by atoms with Crippen molar-refractivity contribution in [2.45, 2.75) is 25.1 Å². The minimum atomic E-state index is -2.95. The van der Waals surface area contributed by atoms with E-state index in [1.165, 1.54) is 28.6 Å². The number of aliphatic imine (C=N–C) groups is 1. The van der Waals surface area contributed by atoms with Crippen LogP contribution in [0.1, 0.15) is 21.5 Å². The first-order valence-corrected chi connectivity index (χ1v) is 13.9. The van der Waals surface area contributed by atoms with Crippen LogP contribution in [-0.4, -0.2) is 73.4 Å². The normalized spacial score (nSPS) is 23.9. The zero-order valence-corrected chi connectivity index (χ0v) is 20.5. The van der Waals surface area contributed by atoms with Crippen LogP contribution in [0.15, 0.2) is 47.5 Å². The lowest BCUT2D eigenvalue weighted by molar-refractivity contribution is 0.0747. The maximum Gasteiger partial charge on any atom is 0.253 e. The van der Waals surface area contributed by atoms with Crippen molar-refractivity contribution in [1.82, 2.24) is 4.90 Å². The van der Waals surface area contributed by atoms with Crippen molar-refractivity contribution in [2.75, 3.05) is 47.9 Å². The van der Waals surface area contributed by atoms with E-state index in [2.05, 4.69) is 47.3 Å². The highest BCUT2D eigenvalue weighted by Gasteiger charge is 2.42. The summed E-state index contributed by atoms with van der Waals surface area (Å²) in [6, 6.07) is 13.7. The van der Waals surface area contributed by atoms with E-state index in [1.54, 1.807) is 0 Å². The predicted molar refractivity (Wildman–Crippen MR) is 135 cm³/mol. The van der Waals surface area contributed by atoms with Crippen LogP contribution in [0.5, 0.6) is 0 Å². The number of hydrogen-bond donors (Lipinski definition) is 1. The van der Waals surface area contributed by atoms with E-state index in [0.29, 0.717) is 18.7 Å². The van der Waals surface area contributed by atoms with Crippen molar-refractivity contribution in [1.29, 1.82) is 0 Å². The molecule has 0 aromatic heterocycles. The first-order chi connectivity index (χ1) is 15.8. The molecule has 0 radical (unpaired) electrons. The van der Waals surface area contributed by atoms with Crippen LogP contribution in [0.4, 0.5) is 11.4 Å². The summed E-state index contributed by atoms with van der Waals surface area (Å²) in [6.45, 7) is 7.33. The third-order valence-corrected chi connectivity index (χ3v) is 9.83. The molecule has 2 saturated heterocycles. The van der Waals surface area contributed by atoms with Gasteiger partial charge in [0.1, 0.15) is 0 Å². The van der Waals surface area contributed by atoms with E-state index in [4.69, 9.17) is 0 Å². The van der Waals surface area contributed by atoms with Crippen LogP contribution < -0.4 is 10.2 Å². The number of carbonyl (C=O) groups excluding carboxylic acids is 1. The molecule has 174 valence electrons. The quantitative estimate of drug-likeness (QED) is 0.722. The van der Waals surface area contributed by atoms with Crippen molar-refractivity contribution >= 4 is 44.0 Å². The second-order valence-electron chi connectivity index (χ2n) is 8.94. The Morgan fingerprint density at radius 3 is 2.45 bits per heavy atom. The van der Waals surface area contributed by atoms with Gasteiger partial charge >= 0.3 is 0 Å². The van der Waals surface area contributed by atoms with Gasteiger partial charge in [-0.15, -0.1) is 0 Å². The number of nitrogens with zero attached hydrogens (tertiary/aromatic N) is 3. The number of rotatable bonds is 3. The van der Waals surface area contributed by atoms with E-state index < -0.39 is 9.84 Å². The van der Waals surface area contributed by atoms with Crippen molar-refractivity contribution < 1.29 is 13.2 Å². The van der Waals surface area contributed by atoms with E-state index in [9.17, 15) is 13.2 Å². The predicted octanol–water partition coefficient (Wildman–Crippen LogP) is 2.95. The molecule has 7 nitrogen and oxygen atoms in total.